The number of hydrogen-bond donors (Lipinski definition) is 2. The van der Waals surface area contributed by atoms with Crippen LogP contribution in [0.3, 0.4) is 0 Å². The smallest absolute Gasteiger partial charge is 0.171 e. The first-order valence-electron chi connectivity index (χ1n) is 8.31. The minimum absolute atomic E-state index is 0.320. The summed E-state index contributed by atoms with van der Waals surface area (Å²) in [6, 6.07) is 25.4. The van der Waals surface area contributed by atoms with Gasteiger partial charge in [0.15, 0.2) is 5.11 Å². The second-order valence-electron chi connectivity index (χ2n) is 6.05. The minimum Gasteiger partial charge on any atom is -0.360 e. The van der Waals surface area contributed by atoms with Crippen LogP contribution in [0.15, 0.2) is 72.8 Å². The van der Waals surface area contributed by atoms with Crippen molar-refractivity contribution in [1.29, 1.82) is 0 Å². The van der Waals surface area contributed by atoms with E-state index >= 15 is 0 Å². The number of aryl methyl sites for hydroxylation is 1. The Balaban J connectivity index is 1.56. The van der Waals surface area contributed by atoms with Crippen LogP contribution >= 0.6 is 12.2 Å². The molecule has 0 aliphatic rings. The molecule has 0 fully saturated rings. The number of rotatable bonds is 5. The fourth-order valence-electron chi connectivity index (χ4n) is 2.82. The van der Waals surface area contributed by atoms with Gasteiger partial charge in [0.2, 0.25) is 0 Å². The zero-order valence-corrected chi connectivity index (χ0v) is 14.6. The van der Waals surface area contributed by atoms with E-state index in [-0.39, 0.29) is 0 Å². The molecule has 0 aromatic heterocycles. The molecule has 1 atom stereocenters. The van der Waals surface area contributed by atoms with Gasteiger partial charge in [0, 0.05) is 17.1 Å². The first kappa shape index (κ1) is 16.5. The van der Waals surface area contributed by atoms with Gasteiger partial charge in [-0.25, -0.2) is 0 Å². The summed E-state index contributed by atoms with van der Waals surface area (Å²) in [5.74, 6) is 0. The van der Waals surface area contributed by atoms with Crippen LogP contribution in [-0.4, -0.2) is 11.2 Å². The van der Waals surface area contributed by atoms with Crippen molar-refractivity contribution in [2.24, 2.45) is 0 Å². The zero-order chi connectivity index (χ0) is 16.8. The molecule has 0 bridgehead atoms. The lowest BCUT2D eigenvalue weighted by Gasteiger charge is -2.18. The minimum atomic E-state index is 0.320. The van der Waals surface area contributed by atoms with Crippen molar-refractivity contribution in [2.45, 2.75) is 25.8 Å². The second-order valence-corrected chi connectivity index (χ2v) is 6.46. The van der Waals surface area contributed by atoms with Gasteiger partial charge in [-0.15, -0.1) is 0 Å². The number of fused-ring (bicyclic) bond motifs is 1. The molecule has 3 aromatic carbocycles. The Morgan fingerprint density at radius 3 is 2.46 bits per heavy atom. The Morgan fingerprint density at radius 2 is 1.62 bits per heavy atom. The van der Waals surface area contributed by atoms with Crippen LogP contribution in [0.25, 0.3) is 10.8 Å². The van der Waals surface area contributed by atoms with E-state index in [0.717, 1.165) is 18.5 Å². The summed E-state index contributed by atoms with van der Waals surface area (Å²) in [5.41, 5.74) is 2.40. The van der Waals surface area contributed by atoms with Crippen LogP contribution in [0.1, 0.15) is 18.9 Å². The molecular weight excluding hydrogens is 312 g/mol. The first-order valence-corrected chi connectivity index (χ1v) is 8.72. The third-order valence-electron chi connectivity index (χ3n) is 4.12. The van der Waals surface area contributed by atoms with Gasteiger partial charge in [-0.3, -0.25) is 0 Å². The fraction of sp³-hybridized carbons (Fsp3) is 0.190. The van der Waals surface area contributed by atoms with Gasteiger partial charge < -0.3 is 10.6 Å². The Morgan fingerprint density at radius 1 is 0.917 bits per heavy atom. The highest BCUT2D eigenvalue weighted by atomic mass is 32.1. The van der Waals surface area contributed by atoms with Crippen molar-refractivity contribution in [3.63, 3.8) is 0 Å². The van der Waals surface area contributed by atoms with Crippen molar-refractivity contribution >= 4 is 33.8 Å². The third-order valence-corrected chi connectivity index (χ3v) is 4.34. The summed E-state index contributed by atoms with van der Waals surface area (Å²) < 4.78 is 0. The number of benzene rings is 3. The lowest BCUT2D eigenvalue weighted by Crippen LogP contribution is -2.36. The third kappa shape index (κ3) is 4.33. The predicted octanol–water partition coefficient (Wildman–Crippen LogP) is 5.15. The van der Waals surface area contributed by atoms with Crippen LogP contribution in [0.5, 0.6) is 0 Å². The highest BCUT2D eigenvalue weighted by molar-refractivity contribution is 7.80. The van der Waals surface area contributed by atoms with Crippen molar-refractivity contribution in [3.8, 4) is 0 Å². The molecule has 3 aromatic rings. The highest BCUT2D eigenvalue weighted by Gasteiger charge is 2.06. The lowest BCUT2D eigenvalue weighted by molar-refractivity contribution is 0.609. The van der Waals surface area contributed by atoms with Gasteiger partial charge in [-0.2, -0.15) is 0 Å². The molecule has 0 aliphatic carbocycles. The lowest BCUT2D eigenvalue weighted by atomic mass is 10.1. The fourth-order valence-corrected chi connectivity index (χ4v) is 3.13. The number of thiocarbonyl (C=S) groups is 1. The molecular formula is C21H22N2S. The SMILES string of the molecule is CC(CCc1ccccc1)NC(=S)Nc1cccc2ccccc12. The van der Waals surface area contributed by atoms with Crippen molar-refractivity contribution in [3.05, 3.63) is 78.4 Å². The molecule has 0 amide bonds. The second kappa shape index (κ2) is 7.93. The van der Waals surface area contributed by atoms with E-state index in [2.05, 4.69) is 72.2 Å². The van der Waals surface area contributed by atoms with E-state index in [4.69, 9.17) is 12.2 Å². The van der Waals surface area contributed by atoms with Crippen molar-refractivity contribution in [1.82, 2.24) is 5.32 Å². The van der Waals surface area contributed by atoms with Crippen LogP contribution in [-0.2, 0) is 6.42 Å². The summed E-state index contributed by atoms with van der Waals surface area (Å²) >= 11 is 5.48. The summed E-state index contributed by atoms with van der Waals surface area (Å²) in [6.07, 6.45) is 2.09. The Bertz CT molecular complexity index is 809. The number of nitrogens with one attached hydrogen (secondary N) is 2. The topological polar surface area (TPSA) is 24.1 Å². The standard InChI is InChI=1S/C21H22N2S/c1-16(14-15-17-8-3-2-4-9-17)22-21(24)23-20-13-7-11-18-10-5-6-12-19(18)20/h2-13,16H,14-15H2,1H3,(H2,22,23,24). The van der Waals surface area contributed by atoms with Gasteiger partial charge >= 0.3 is 0 Å². The molecule has 24 heavy (non-hydrogen) atoms. The van der Waals surface area contributed by atoms with E-state index in [1.54, 1.807) is 0 Å². The van der Waals surface area contributed by atoms with Crippen molar-refractivity contribution < 1.29 is 0 Å². The number of hydrogen-bond acceptors (Lipinski definition) is 1. The summed E-state index contributed by atoms with van der Waals surface area (Å²) in [7, 11) is 0. The van der Waals surface area contributed by atoms with Gasteiger partial charge in [0.05, 0.1) is 0 Å². The molecule has 0 saturated heterocycles. The van der Waals surface area contributed by atoms with E-state index < -0.39 is 0 Å². The largest absolute Gasteiger partial charge is 0.360 e. The summed E-state index contributed by atoms with van der Waals surface area (Å²) in [4.78, 5) is 0. The zero-order valence-electron chi connectivity index (χ0n) is 13.8. The average Bonchev–Trinajstić information content (AvgIpc) is 2.61. The molecule has 0 heterocycles. The monoisotopic (exact) mass is 334 g/mol. The Kier molecular flexibility index (Phi) is 5.44. The summed E-state index contributed by atoms with van der Waals surface area (Å²) in [5, 5.41) is 9.78. The van der Waals surface area contributed by atoms with E-state index in [0.29, 0.717) is 11.2 Å². The maximum Gasteiger partial charge on any atom is 0.171 e. The molecule has 0 aliphatic heterocycles. The van der Waals surface area contributed by atoms with E-state index in [9.17, 15) is 0 Å². The normalized spacial score (nSPS) is 11.9. The molecule has 3 heteroatoms. The molecule has 3 rings (SSSR count). The van der Waals surface area contributed by atoms with Gasteiger partial charge in [-0.1, -0.05) is 66.7 Å². The highest BCUT2D eigenvalue weighted by Crippen LogP contribution is 2.22. The van der Waals surface area contributed by atoms with Gasteiger partial charge in [-0.05, 0) is 49.0 Å². The number of anilines is 1. The average molecular weight is 334 g/mol. The van der Waals surface area contributed by atoms with Gasteiger partial charge in [0.25, 0.3) is 0 Å². The van der Waals surface area contributed by atoms with Gasteiger partial charge in [0.1, 0.15) is 0 Å². The summed E-state index contributed by atoms with van der Waals surface area (Å²) in [6.45, 7) is 2.17. The molecule has 0 spiro atoms. The van der Waals surface area contributed by atoms with E-state index in [1.165, 1.54) is 16.3 Å². The van der Waals surface area contributed by atoms with Crippen LogP contribution in [0.2, 0.25) is 0 Å². The molecule has 1 unspecified atom stereocenters. The first-order chi connectivity index (χ1) is 11.7. The van der Waals surface area contributed by atoms with Crippen LogP contribution in [0.4, 0.5) is 5.69 Å². The Hall–Kier alpha value is -2.39. The van der Waals surface area contributed by atoms with E-state index in [1.807, 2.05) is 18.2 Å². The predicted molar refractivity (Wildman–Crippen MR) is 108 cm³/mol. The Labute approximate surface area is 148 Å². The molecule has 0 saturated carbocycles. The maximum atomic E-state index is 5.48. The maximum absolute atomic E-state index is 5.48. The quantitative estimate of drug-likeness (QED) is 0.631. The molecule has 122 valence electrons. The van der Waals surface area contributed by atoms with Crippen LogP contribution in [0, 0.1) is 0 Å². The molecule has 0 radical (unpaired) electrons. The molecule has 2 nitrogen and oxygen atoms in total. The van der Waals surface area contributed by atoms with Crippen LogP contribution < -0.4 is 10.6 Å². The molecule has 2 N–H and O–H groups in total. The van der Waals surface area contributed by atoms with Crippen molar-refractivity contribution in [2.75, 3.05) is 5.32 Å².